The molecule has 0 aliphatic heterocycles. The molecule has 0 fully saturated rings. The molecule has 0 aromatic heterocycles. The highest BCUT2D eigenvalue weighted by Crippen LogP contribution is 2.07. The first-order valence-corrected chi connectivity index (χ1v) is 5.94. The molecule has 1 nitrogen and oxygen atoms in total. The van der Waals surface area contributed by atoms with Crippen LogP contribution in [0.3, 0.4) is 0 Å². The molecule has 0 saturated heterocycles. The molecule has 78 valence electrons. The molecular formula is C10H21NS2. The predicted octanol–water partition coefficient (Wildman–Crippen LogP) is 3.49. The zero-order valence-electron chi connectivity index (χ0n) is 8.92. The lowest BCUT2D eigenvalue weighted by atomic mass is 10.2. The van der Waals surface area contributed by atoms with Crippen LogP contribution < -0.4 is 0 Å². The van der Waals surface area contributed by atoms with E-state index in [1.165, 1.54) is 25.7 Å². The van der Waals surface area contributed by atoms with E-state index in [1.54, 1.807) is 0 Å². The van der Waals surface area contributed by atoms with E-state index in [1.807, 2.05) is 0 Å². The van der Waals surface area contributed by atoms with Crippen molar-refractivity contribution in [2.45, 2.75) is 52.5 Å². The summed E-state index contributed by atoms with van der Waals surface area (Å²) in [4.78, 5) is 2.17. The number of rotatable bonds is 6. The van der Waals surface area contributed by atoms with Crippen LogP contribution in [0, 0.1) is 0 Å². The SMILES string of the molecule is CCCCCCN(C(=S)S)C(C)C. The minimum absolute atomic E-state index is 0.478. The van der Waals surface area contributed by atoms with Crippen LogP contribution in [0.1, 0.15) is 46.5 Å². The summed E-state index contributed by atoms with van der Waals surface area (Å²) in [5.41, 5.74) is 0. The first kappa shape index (κ1) is 13.2. The van der Waals surface area contributed by atoms with Gasteiger partial charge in [0.2, 0.25) is 0 Å². The van der Waals surface area contributed by atoms with Gasteiger partial charge in [-0.05, 0) is 20.3 Å². The molecule has 0 aliphatic rings. The molecule has 0 aromatic carbocycles. The van der Waals surface area contributed by atoms with Gasteiger partial charge in [0.05, 0.1) is 0 Å². The minimum atomic E-state index is 0.478. The van der Waals surface area contributed by atoms with E-state index < -0.39 is 0 Å². The monoisotopic (exact) mass is 219 g/mol. The Morgan fingerprint density at radius 3 is 2.31 bits per heavy atom. The third kappa shape index (κ3) is 6.33. The number of nitrogens with zero attached hydrogens (tertiary/aromatic N) is 1. The Balaban J connectivity index is 3.64. The van der Waals surface area contributed by atoms with Gasteiger partial charge in [-0.25, -0.2) is 0 Å². The fourth-order valence-electron chi connectivity index (χ4n) is 1.28. The molecule has 0 saturated carbocycles. The van der Waals surface area contributed by atoms with Gasteiger partial charge < -0.3 is 4.90 Å². The van der Waals surface area contributed by atoms with Gasteiger partial charge in [0.25, 0.3) is 0 Å². The predicted molar refractivity (Wildman–Crippen MR) is 67.6 cm³/mol. The van der Waals surface area contributed by atoms with Crippen molar-refractivity contribution in [3.05, 3.63) is 0 Å². The van der Waals surface area contributed by atoms with Gasteiger partial charge in [0.15, 0.2) is 0 Å². The second-order valence-corrected chi connectivity index (χ2v) is 4.74. The molecule has 0 aromatic rings. The first-order chi connectivity index (χ1) is 6.09. The average Bonchev–Trinajstić information content (AvgIpc) is 2.02. The minimum Gasteiger partial charge on any atom is -0.355 e. The molecule has 3 heteroatoms. The maximum absolute atomic E-state index is 5.06. The largest absolute Gasteiger partial charge is 0.355 e. The third-order valence-corrected chi connectivity index (χ3v) is 2.61. The van der Waals surface area contributed by atoms with Crippen molar-refractivity contribution >= 4 is 29.2 Å². The highest BCUT2D eigenvalue weighted by atomic mass is 32.1. The van der Waals surface area contributed by atoms with E-state index >= 15 is 0 Å². The molecule has 0 atom stereocenters. The van der Waals surface area contributed by atoms with E-state index in [0.717, 1.165) is 10.9 Å². The smallest absolute Gasteiger partial charge is 0.133 e. The van der Waals surface area contributed by atoms with Crippen LogP contribution in [-0.2, 0) is 0 Å². The Hall–Kier alpha value is 0.240. The topological polar surface area (TPSA) is 3.24 Å². The molecule has 13 heavy (non-hydrogen) atoms. The zero-order chi connectivity index (χ0) is 10.3. The Kier molecular flexibility index (Phi) is 7.77. The average molecular weight is 219 g/mol. The van der Waals surface area contributed by atoms with Crippen LogP contribution in [0.4, 0.5) is 0 Å². The van der Waals surface area contributed by atoms with E-state index in [9.17, 15) is 0 Å². The highest BCUT2D eigenvalue weighted by molar-refractivity contribution is 8.10. The van der Waals surface area contributed by atoms with E-state index in [4.69, 9.17) is 12.2 Å². The van der Waals surface area contributed by atoms with E-state index in [0.29, 0.717) is 6.04 Å². The summed E-state index contributed by atoms with van der Waals surface area (Å²) < 4.78 is 0.728. The summed E-state index contributed by atoms with van der Waals surface area (Å²) in [6.07, 6.45) is 5.14. The summed E-state index contributed by atoms with van der Waals surface area (Å²) in [5.74, 6) is 0. The number of unbranched alkanes of at least 4 members (excludes halogenated alkanes) is 3. The van der Waals surface area contributed by atoms with Gasteiger partial charge in [-0.2, -0.15) is 0 Å². The summed E-state index contributed by atoms with van der Waals surface area (Å²) in [5, 5.41) is 0. The second-order valence-electron chi connectivity index (χ2n) is 3.63. The maximum Gasteiger partial charge on any atom is 0.133 e. The van der Waals surface area contributed by atoms with E-state index in [-0.39, 0.29) is 0 Å². The van der Waals surface area contributed by atoms with Crippen molar-refractivity contribution in [1.82, 2.24) is 4.90 Å². The van der Waals surface area contributed by atoms with Crippen molar-refractivity contribution < 1.29 is 0 Å². The van der Waals surface area contributed by atoms with Crippen molar-refractivity contribution in [2.75, 3.05) is 6.54 Å². The van der Waals surface area contributed by atoms with Gasteiger partial charge in [-0.1, -0.05) is 38.4 Å². The summed E-state index contributed by atoms with van der Waals surface area (Å²) in [7, 11) is 0. The van der Waals surface area contributed by atoms with Crippen LogP contribution in [0.2, 0.25) is 0 Å². The van der Waals surface area contributed by atoms with Crippen LogP contribution >= 0.6 is 24.8 Å². The Morgan fingerprint density at radius 2 is 1.92 bits per heavy atom. The van der Waals surface area contributed by atoms with Crippen molar-refractivity contribution in [2.24, 2.45) is 0 Å². The molecule has 0 heterocycles. The number of thiol groups is 1. The van der Waals surface area contributed by atoms with Gasteiger partial charge in [-0.15, -0.1) is 12.6 Å². The van der Waals surface area contributed by atoms with Crippen LogP contribution in [-0.4, -0.2) is 21.8 Å². The number of thiocarbonyl (C=S) groups is 1. The fraction of sp³-hybridized carbons (Fsp3) is 0.900. The zero-order valence-corrected chi connectivity index (χ0v) is 10.6. The summed E-state index contributed by atoms with van der Waals surface area (Å²) >= 11 is 9.28. The van der Waals surface area contributed by atoms with Crippen LogP contribution in [0.25, 0.3) is 0 Å². The quantitative estimate of drug-likeness (QED) is 0.414. The normalized spacial score (nSPS) is 10.5. The van der Waals surface area contributed by atoms with Gasteiger partial charge >= 0.3 is 0 Å². The van der Waals surface area contributed by atoms with E-state index in [2.05, 4.69) is 38.3 Å². The molecule has 0 amide bonds. The second kappa shape index (κ2) is 7.63. The molecule has 0 radical (unpaired) electrons. The maximum atomic E-state index is 5.06. The van der Waals surface area contributed by atoms with Crippen LogP contribution in [0.15, 0.2) is 0 Å². The first-order valence-electron chi connectivity index (χ1n) is 5.09. The third-order valence-electron chi connectivity index (χ3n) is 2.12. The summed E-state index contributed by atoms with van der Waals surface area (Å²) in [6, 6.07) is 0.478. The molecular weight excluding hydrogens is 198 g/mol. The van der Waals surface area contributed by atoms with Crippen molar-refractivity contribution in [1.29, 1.82) is 0 Å². The lowest BCUT2D eigenvalue weighted by Crippen LogP contribution is -2.33. The number of hydrogen-bond donors (Lipinski definition) is 1. The highest BCUT2D eigenvalue weighted by Gasteiger charge is 2.08. The lowest BCUT2D eigenvalue weighted by Gasteiger charge is -2.26. The molecule has 0 aliphatic carbocycles. The number of hydrogen-bond acceptors (Lipinski definition) is 1. The van der Waals surface area contributed by atoms with Crippen molar-refractivity contribution in [3.8, 4) is 0 Å². The molecule has 0 spiro atoms. The fourth-order valence-corrected chi connectivity index (χ4v) is 1.92. The standard InChI is InChI=1S/C10H21NS2/c1-4-5-6-7-8-11(9(2)3)10(12)13/h9H,4-8H2,1-3H3,(H,12,13). The van der Waals surface area contributed by atoms with Crippen molar-refractivity contribution in [3.63, 3.8) is 0 Å². The molecule has 0 rings (SSSR count). The van der Waals surface area contributed by atoms with Gasteiger partial charge in [0.1, 0.15) is 4.32 Å². The Labute approximate surface area is 93.3 Å². The lowest BCUT2D eigenvalue weighted by molar-refractivity contribution is 0.350. The molecule has 0 N–H and O–H groups in total. The Bertz CT molecular complexity index is 146. The summed E-state index contributed by atoms with van der Waals surface area (Å²) in [6.45, 7) is 7.59. The molecule has 0 bridgehead atoms. The van der Waals surface area contributed by atoms with Crippen LogP contribution in [0.5, 0.6) is 0 Å². The van der Waals surface area contributed by atoms with Gasteiger partial charge in [0, 0.05) is 12.6 Å². The van der Waals surface area contributed by atoms with Gasteiger partial charge in [-0.3, -0.25) is 0 Å². The molecule has 0 unspecified atom stereocenters. The Morgan fingerprint density at radius 1 is 1.31 bits per heavy atom.